The van der Waals surface area contributed by atoms with Gasteiger partial charge in [0.05, 0.1) is 5.41 Å². The Balaban J connectivity index is 1.13. The molecule has 0 saturated heterocycles. The summed E-state index contributed by atoms with van der Waals surface area (Å²) in [5, 5.41) is 4.81. The maximum Gasteiger partial charge on any atom is 0.137 e. The molecule has 0 N–H and O–H groups in total. The lowest BCUT2D eigenvalue weighted by Gasteiger charge is -2.33. The van der Waals surface area contributed by atoms with Crippen LogP contribution in [-0.4, -0.2) is 0 Å². The van der Waals surface area contributed by atoms with Crippen LogP contribution in [0.4, 0.5) is 17.1 Å². The maximum atomic E-state index is 6.89. The van der Waals surface area contributed by atoms with Gasteiger partial charge >= 0.3 is 0 Å². The van der Waals surface area contributed by atoms with Crippen molar-refractivity contribution in [2.24, 2.45) is 0 Å². The summed E-state index contributed by atoms with van der Waals surface area (Å²) >= 11 is 1.85. The molecule has 52 heavy (non-hydrogen) atoms. The van der Waals surface area contributed by atoms with Crippen LogP contribution >= 0.6 is 11.3 Å². The third kappa shape index (κ3) is 4.17. The second-order valence-corrected chi connectivity index (χ2v) is 14.7. The third-order valence-electron chi connectivity index (χ3n) is 10.9. The van der Waals surface area contributed by atoms with Crippen LogP contribution in [0.25, 0.3) is 53.2 Å². The first-order chi connectivity index (χ1) is 25.8. The fourth-order valence-corrected chi connectivity index (χ4v) is 9.80. The Bertz CT molecular complexity index is 2920. The van der Waals surface area contributed by atoms with Gasteiger partial charge in [0.1, 0.15) is 11.2 Å². The van der Waals surface area contributed by atoms with E-state index >= 15 is 0 Å². The Morgan fingerprint density at radius 1 is 0.385 bits per heavy atom. The second kappa shape index (κ2) is 11.3. The maximum absolute atomic E-state index is 6.89. The van der Waals surface area contributed by atoms with Crippen molar-refractivity contribution in [3.63, 3.8) is 0 Å². The van der Waals surface area contributed by atoms with Gasteiger partial charge in [-0.05, 0) is 94.0 Å². The normalized spacial score (nSPS) is 13.2. The molecule has 2 heterocycles. The highest BCUT2D eigenvalue weighted by Gasteiger charge is 2.46. The number of nitrogens with zero attached hydrogens (tertiary/aromatic N) is 1. The Hall–Kier alpha value is -6.42. The number of fused-ring (bicyclic) bond motifs is 9. The second-order valence-electron chi connectivity index (χ2n) is 13.7. The van der Waals surface area contributed by atoms with Crippen LogP contribution in [0, 0.1) is 0 Å². The van der Waals surface area contributed by atoms with Crippen LogP contribution in [0.2, 0.25) is 0 Å². The van der Waals surface area contributed by atoms with Crippen molar-refractivity contribution in [3.8, 4) is 11.1 Å². The summed E-state index contributed by atoms with van der Waals surface area (Å²) in [4.78, 5) is 2.34. The van der Waals surface area contributed by atoms with E-state index in [-0.39, 0.29) is 0 Å². The lowest BCUT2D eigenvalue weighted by atomic mass is 9.67. The Kier molecular flexibility index (Phi) is 6.37. The summed E-state index contributed by atoms with van der Waals surface area (Å²) in [6.45, 7) is 0. The van der Waals surface area contributed by atoms with Crippen LogP contribution in [0.15, 0.2) is 192 Å². The van der Waals surface area contributed by atoms with E-state index in [0.717, 1.165) is 39.0 Å². The zero-order chi connectivity index (χ0) is 34.2. The Morgan fingerprint density at radius 3 is 1.79 bits per heavy atom. The first-order valence-corrected chi connectivity index (χ1v) is 18.6. The van der Waals surface area contributed by atoms with Gasteiger partial charge in [0.15, 0.2) is 0 Å². The van der Waals surface area contributed by atoms with Gasteiger partial charge in [-0.3, -0.25) is 0 Å². The zero-order valence-electron chi connectivity index (χ0n) is 28.2. The number of benzene rings is 8. The van der Waals surface area contributed by atoms with Crippen LogP contribution in [-0.2, 0) is 5.41 Å². The lowest BCUT2D eigenvalue weighted by molar-refractivity contribution is 0.666. The number of para-hydroxylation sites is 1. The van der Waals surface area contributed by atoms with Gasteiger partial charge in [-0.25, -0.2) is 0 Å². The topological polar surface area (TPSA) is 16.4 Å². The van der Waals surface area contributed by atoms with E-state index in [1.54, 1.807) is 0 Å². The summed E-state index contributed by atoms with van der Waals surface area (Å²) in [7, 11) is 0. The predicted octanol–water partition coefficient (Wildman–Crippen LogP) is 13.8. The number of anilines is 3. The molecule has 1 aliphatic rings. The summed E-state index contributed by atoms with van der Waals surface area (Å²) in [5.74, 6) is 0. The lowest BCUT2D eigenvalue weighted by Crippen LogP contribution is -2.28. The van der Waals surface area contributed by atoms with Gasteiger partial charge in [-0.1, -0.05) is 121 Å². The average Bonchev–Trinajstić information content (AvgIpc) is 3.86. The summed E-state index contributed by atoms with van der Waals surface area (Å²) in [6, 6.07) is 68.3. The van der Waals surface area contributed by atoms with E-state index in [9.17, 15) is 0 Å². The molecule has 244 valence electrons. The van der Waals surface area contributed by atoms with E-state index < -0.39 is 5.41 Å². The number of hydrogen-bond donors (Lipinski definition) is 0. The fraction of sp³-hybridized carbons (Fsp3) is 0.0204. The Labute approximate surface area is 305 Å². The molecular weight excluding hydrogens is 651 g/mol. The minimum atomic E-state index is -0.471. The van der Waals surface area contributed by atoms with Crippen molar-refractivity contribution >= 4 is 70.5 Å². The molecule has 0 radical (unpaired) electrons. The molecule has 8 aromatic carbocycles. The largest absolute Gasteiger partial charge is 0.456 e. The number of thiophene rings is 1. The predicted molar refractivity (Wildman–Crippen MR) is 219 cm³/mol. The monoisotopic (exact) mass is 681 g/mol. The molecule has 0 aliphatic heterocycles. The molecule has 2 aromatic heterocycles. The molecule has 11 rings (SSSR count). The Morgan fingerprint density at radius 2 is 1.00 bits per heavy atom. The van der Waals surface area contributed by atoms with E-state index in [1.165, 1.54) is 53.6 Å². The zero-order valence-corrected chi connectivity index (χ0v) is 29.0. The molecule has 0 saturated carbocycles. The molecule has 0 spiro atoms. The van der Waals surface area contributed by atoms with Gasteiger partial charge < -0.3 is 9.32 Å². The highest BCUT2D eigenvalue weighted by molar-refractivity contribution is 7.25. The number of rotatable bonds is 5. The molecule has 2 nitrogen and oxygen atoms in total. The van der Waals surface area contributed by atoms with Gasteiger partial charge in [-0.15, -0.1) is 11.3 Å². The summed E-state index contributed by atoms with van der Waals surface area (Å²) < 4.78 is 9.50. The smallest absolute Gasteiger partial charge is 0.137 e. The van der Waals surface area contributed by atoms with Crippen molar-refractivity contribution in [3.05, 3.63) is 210 Å². The van der Waals surface area contributed by atoms with Crippen molar-refractivity contribution in [1.82, 2.24) is 0 Å². The van der Waals surface area contributed by atoms with E-state index in [1.807, 2.05) is 11.3 Å². The quantitative estimate of drug-likeness (QED) is 0.180. The molecule has 0 fully saturated rings. The van der Waals surface area contributed by atoms with Crippen LogP contribution in [0.5, 0.6) is 0 Å². The molecular formula is C49H31NOS. The molecule has 0 unspecified atom stereocenters. The van der Waals surface area contributed by atoms with Crippen molar-refractivity contribution in [2.75, 3.05) is 4.90 Å². The van der Waals surface area contributed by atoms with Crippen LogP contribution < -0.4 is 4.90 Å². The highest BCUT2D eigenvalue weighted by Crippen LogP contribution is 2.57. The highest BCUT2D eigenvalue weighted by atomic mass is 32.1. The van der Waals surface area contributed by atoms with Crippen molar-refractivity contribution in [1.29, 1.82) is 0 Å². The third-order valence-corrected chi connectivity index (χ3v) is 12.1. The van der Waals surface area contributed by atoms with Crippen LogP contribution in [0.1, 0.15) is 22.3 Å². The van der Waals surface area contributed by atoms with Crippen molar-refractivity contribution in [2.45, 2.75) is 5.41 Å². The van der Waals surface area contributed by atoms with E-state index in [0.29, 0.717) is 0 Å². The van der Waals surface area contributed by atoms with E-state index in [2.05, 4.69) is 193 Å². The van der Waals surface area contributed by atoms with Crippen LogP contribution in [0.3, 0.4) is 0 Å². The SMILES string of the molecule is c1ccc(N(c2ccc3c(c2)oc2cc4c(cc23)-c2ccccc2C4(c2ccccc2)c2ccccc2)c2ccc3sc4ccccc4c3c2)cc1. The number of hydrogen-bond acceptors (Lipinski definition) is 3. The van der Waals surface area contributed by atoms with Crippen molar-refractivity contribution < 1.29 is 4.42 Å². The fourth-order valence-electron chi connectivity index (χ4n) is 8.72. The molecule has 0 atom stereocenters. The minimum Gasteiger partial charge on any atom is -0.456 e. The van der Waals surface area contributed by atoms with Gasteiger partial charge in [0, 0.05) is 54.1 Å². The minimum absolute atomic E-state index is 0.471. The molecule has 1 aliphatic carbocycles. The van der Waals surface area contributed by atoms with Gasteiger partial charge in [0.2, 0.25) is 0 Å². The average molecular weight is 682 g/mol. The summed E-state index contributed by atoms with van der Waals surface area (Å²) in [6.07, 6.45) is 0. The first-order valence-electron chi connectivity index (χ1n) is 17.8. The molecule has 0 amide bonds. The summed E-state index contributed by atoms with van der Waals surface area (Å²) in [5.41, 5.74) is 12.1. The number of furan rings is 1. The molecule has 0 bridgehead atoms. The molecule has 3 heteroatoms. The standard InChI is InChI=1S/C49H31NOS/c1-4-14-32(15-5-1)49(33-16-6-2-7-17-33)43-22-12-10-20-37(43)40-30-41-38-26-24-36(29-45(38)51-46(41)31-44(40)49)50(34-18-8-3-9-19-34)35-25-27-48-42(28-35)39-21-11-13-23-47(39)52-48/h1-31H. The molecule has 10 aromatic rings. The van der Waals surface area contributed by atoms with E-state index in [4.69, 9.17) is 4.42 Å². The van der Waals surface area contributed by atoms with Gasteiger partial charge in [0.25, 0.3) is 0 Å². The first kappa shape index (κ1) is 29.3. The van der Waals surface area contributed by atoms with Gasteiger partial charge in [-0.2, -0.15) is 0 Å².